The number of rotatable bonds is 4. The number of aromatic nitrogens is 1. The lowest BCUT2D eigenvalue weighted by atomic mass is 10.1. The van der Waals surface area contributed by atoms with Gasteiger partial charge in [0.2, 0.25) is 0 Å². The van der Waals surface area contributed by atoms with E-state index in [4.69, 9.17) is 5.73 Å². The van der Waals surface area contributed by atoms with Gasteiger partial charge in [-0.2, -0.15) is 0 Å². The van der Waals surface area contributed by atoms with Crippen LogP contribution in [0.15, 0.2) is 4.21 Å². The van der Waals surface area contributed by atoms with E-state index in [1.54, 1.807) is 6.92 Å². The van der Waals surface area contributed by atoms with Crippen LogP contribution in [0, 0.1) is 18.8 Å². The Balaban J connectivity index is 2.02. The van der Waals surface area contributed by atoms with Crippen LogP contribution in [-0.2, 0) is 10.0 Å². The van der Waals surface area contributed by atoms with Crippen molar-refractivity contribution in [1.29, 1.82) is 0 Å². The zero-order chi connectivity index (χ0) is 13.3. The Morgan fingerprint density at radius 2 is 2.22 bits per heavy atom. The van der Waals surface area contributed by atoms with Crippen LogP contribution in [0.1, 0.15) is 31.9 Å². The summed E-state index contributed by atoms with van der Waals surface area (Å²) in [5.74, 6) is 1.17. The molecular formula is C11H19N3O2S2. The lowest BCUT2D eigenvalue weighted by molar-refractivity contribution is 0.499. The normalized spacial score (nSPS) is 24.6. The van der Waals surface area contributed by atoms with Crippen molar-refractivity contribution in [3.05, 3.63) is 5.69 Å². The van der Waals surface area contributed by atoms with E-state index in [1.807, 2.05) is 0 Å². The first-order valence-electron chi connectivity index (χ1n) is 6.11. The Bertz CT molecular complexity index is 524. The number of hydrogen-bond donors (Lipinski definition) is 2. The summed E-state index contributed by atoms with van der Waals surface area (Å²) < 4.78 is 27.1. The molecule has 1 aliphatic rings. The molecule has 1 aliphatic carbocycles. The number of nitrogen functional groups attached to an aromatic ring is 1. The van der Waals surface area contributed by atoms with E-state index < -0.39 is 10.0 Å². The standard InChI is InChI=1S/C11H19N3O2S2/c1-7-3-4-9(5-7)6-13-18(15,16)10-8(2)14-11(12)17-10/h7,9,13H,3-6H2,1-2H3,(H2,12,14). The average Bonchev–Trinajstić information content (AvgIpc) is 2.82. The third-order valence-electron chi connectivity index (χ3n) is 3.38. The van der Waals surface area contributed by atoms with Crippen LogP contribution in [-0.4, -0.2) is 19.9 Å². The molecule has 0 bridgehead atoms. The zero-order valence-electron chi connectivity index (χ0n) is 10.6. The van der Waals surface area contributed by atoms with E-state index in [9.17, 15) is 8.42 Å². The van der Waals surface area contributed by atoms with Crippen molar-refractivity contribution in [2.75, 3.05) is 12.3 Å². The maximum Gasteiger partial charge on any atom is 0.252 e. The van der Waals surface area contributed by atoms with Crippen LogP contribution < -0.4 is 10.5 Å². The number of anilines is 1. The van der Waals surface area contributed by atoms with Crippen LogP contribution in [0.4, 0.5) is 5.13 Å². The molecule has 7 heteroatoms. The highest BCUT2D eigenvalue weighted by atomic mass is 32.2. The summed E-state index contributed by atoms with van der Waals surface area (Å²) in [5, 5.41) is 0.294. The molecule has 0 aliphatic heterocycles. The first kappa shape index (κ1) is 13.8. The molecule has 0 aromatic carbocycles. The van der Waals surface area contributed by atoms with Gasteiger partial charge in [0, 0.05) is 6.54 Å². The molecule has 102 valence electrons. The number of sulfonamides is 1. The molecule has 0 amide bonds. The molecule has 1 saturated carbocycles. The second kappa shape index (κ2) is 5.14. The predicted molar refractivity (Wildman–Crippen MR) is 73.0 cm³/mol. The average molecular weight is 289 g/mol. The van der Waals surface area contributed by atoms with Gasteiger partial charge in [0.25, 0.3) is 10.0 Å². The molecule has 1 aromatic rings. The molecule has 0 radical (unpaired) electrons. The molecule has 0 spiro atoms. The highest BCUT2D eigenvalue weighted by Gasteiger charge is 2.25. The highest BCUT2D eigenvalue weighted by molar-refractivity contribution is 7.91. The molecule has 18 heavy (non-hydrogen) atoms. The van der Waals surface area contributed by atoms with Gasteiger partial charge in [-0.25, -0.2) is 18.1 Å². The number of aryl methyl sites for hydroxylation is 1. The lowest BCUT2D eigenvalue weighted by Crippen LogP contribution is -2.28. The molecule has 1 fully saturated rings. The summed E-state index contributed by atoms with van der Waals surface area (Å²) in [5.41, 5.74) is 6.00. The molecule has 5 nitrogen and oxygen atoms in total. The number of hydrogen-bond acceptors (Lipinski definition) is 5. The first-order valence-corrected chi connectivity index (χ1v) is 8.41. The van der Waals surface area contributed by atoms with Gasteiger partial charge in [-0.1, -0.05) is 24.7 Å². The molecule has 0 saturated heterocycles. The van der Waals surface area contributed by atoms with Gasteiger partial charge < -0.3 is 5.73 Å². The van der Waals surface area contributed by atoms with E-state index in [2.05, 4.69) is 16.6 Å². The SMILES string of the molecule is Cc1nc(N)sc1S(=O)(=O)NCC1CCC(C)C1. The topological polar surface area (TPSA) is 85.1 Å². The van der Waals surface area contributed by atoms with Gasteiger partial charge in [-0.05, 0) is 31.6 Å². The molecule has 2 unspecified atom stereocenters. The minimum Gasteiger partial charge on any atom is -0.375 e. The number of nitrogens with one attached hydrogen (secondary N) is 1. The quantitative estimate of drug-likeness (QED) is 0.884. The monoisotopic (exact) mass is 289 g/mol. The van der Waals surface area contributed by atoms with Gasteiger partial charge >= 0.3 is 0 Å². The maximum absolute atomic E-state index is 12.1. The van der Waals surface area contributed by atoms with Crippen molar-refractivity contribution in [3.8, 4) is 0 Å². The van der Waals surface area contributed by atoms with Gasteiger partial charge in [-0.3, -0.25) is 0 Å². The highest BCUT2D eigenvalue weighted by Crippen LogP contribution is 2.30. The van der Waals surface area contributed by atoms with Crippen molar-refractivity contribution in [1.82, 2.24) is 9.71 Å². The van der Waals surface area contributed by atoms with Crippen molar-refractivity contribution in [2.24, 2.45) is 11.8 Å². The second-order valence-electron chi connectivity index (χ2n) is 5.06. The first-order chi connectivity index (χ1) is 8.38. The van der Waals surface area contributed by atoms with Gasteiger partial charge in [0.05, 0.1) is 5.69 Å². The Labute approximate surface area is 112 Å². The van der Waals surface area contributed by atoms with Crippen molar-refractivity contribution in [3.63, 3.8) is 0 Å². The summed E-state index contributed by atoms with van der Waals surface area (Å²) in [7, 11) is -3.45. The van der Waals surface area contributed by atoms with Crippen LogP contribution in [0.3, 0.4) is 0 Å². The summed E-state index contributed by atoms with van der Waals surface area (Å²) in [6, 6.07) is 0. The van der Waals surface area contributed by atoms with E-state index in [0.717, 1.165) is 24.2 Å². The summed E-state index contributed by atoms with van der Waals surface area (Å²) in [4.78, 5) is 3.95. The molecule has 2 atom stereocenters. The molecular weight excluding hydrogens is 270 g/mol. The minimum atomic E-state index is -3.45. The smallest absolute Gasteiger partial charge is 0.252 e. The second-order valence-corrected chi connectivity index (χ2v) is 8.05. The Morgan fingerprint density at radius 3 is 2.72 bits per heavy atom. The van der Waals surface area contributed by atoms with E-state index in [1.165, 1.54) is 6.42 Å². The molecule has 3 N–H and O–H groups in total. The largest absolute Gasteiger partial charge is 0.375 e. The third-order valence-corrected chi connectivity index (χ3v) is 6.40. The Morgan fingerprint density at radius 1 is 1.50 bits per heavy atom. The minimum absolute atomic E-state index is 0.242. The lowest BCUT2D eigenvalue weighted by Gasteiger charge is -2.10. The van der Waals surface area contributed by atoms with Gasteiger partial charge in [0.1, 0.15) is 0 Å². The third kappa shape index (κ3) is 3.02. The van der Waals surface area contributed by atoms with Crippen molar-refractivity contribution in [2.45, 2.75) is 37.3 Å². The van der Waals surface area contributed by atoms with Crippen LogP contribution in [0.5, 0.6) is 0 Å². The van der Waals surface area contributed by atoms with Crippen LogP contribution in [0.25, 0.3) is 0 Å². The Hall–Kier alpha value is -0.660. The molecule has 1 heterocycles. The van der Waals surface area contributed by atoms with Gasteiger partial charge in [0.15, 0.2) is 9.34 Å². The fraction of sp³-hybridized carbons (Fsp3) is 0.727. The number of nitrogens with two attached hydrogens (primary N) is 1. The number of nitrogens with zero attached hydrogens (tertiary/aromatic N) is 1. The molecule has 2 rings (SSSR count). The van der Waals surface area contributed by atoms with Crippen molar-refractivity contribution < 1.29 is 8.42 Å². The summed E-state index contributed by atoms with van der Waals surface area (Å²) >= 11 is 1.02. The predicted octanol–water partition coefficient (Wildman–Crippen LogP) is 1.75. The van der Waals surface area contributed by atoms with Gasteiger partial charge in [-0.15, -0.1) is 0 Å². The van der Waals surface area contributed by atoms with E-state index in [-0.39, 0.29) is 4.21 Å². The summed E-state index contributed by atoms with van der Waals surface area (Å²) in [6.45, 7) is 4.39. The van der Waals surface area contributed by atoms with E-state index >= 15 is 0 Å². The fourth-order valence-corrected chi connectivity index (χ4v) is 4.91. The van der Waals surface area contributed by atoms with Crippen LogP contribution >= 0.6 is 11.3 Å². The molecule has 1 aromatic heterocycles. The zero-order valence-corrected chi connectivity index (χ0v) is 12.3. The van der Waals surface area contributed by atoms with Crippen molar-refractivity contribution >= 4 is 26.5 Å². The summed E-state index contributed by atoms with van der Waals surface area (Å²) in [6.07, 6.45) is 3.40. The number of thiazole rings is 1. The van der Waals surface area contributed by atoms with E-state index in [0.29, 0.717) is 29.2 Å². The van der Waals surface area contributed by atoms with Crippen LogP contribution in [0.2, 0.25) is 0 Å². The Kier molecular flexibility index (Phi) is 3.93. The fourth-order valence-electron chi connectivity index (χ4n) is 2.46. The maximum atomic E-state index is 12.1.